The van der Waals surface area contributed by atoms with Crippen LogP contribution in [0.1, 0.15) is 5.56 Å². The third-order valence-corrected chi connectivity index (χ3v) is 2.17. The monoisotopic (exact) mass is 170 g/mol. The highest BCUT2D eigenvalue weighted by Gasteiger charge is 2.26. The third-order valence-electron chi connectivity index (χ3n) is 1.28. The molecule has 0 heterocycles. The molecule has 1 aromatic rings. The van der Waals surface area contributed by atoms with Gasteiger partial charge in [-0.2, -0.15) is 0 Å². The molecule has 0 aliphatic carbocycles. The maximum absolute atomic E-state index is 8.72. The molecule has 0 spiro atoms. The fourth-order valence-electron chi connectivity index (χ4n) is 0.870. The number of hydrogen-bond donors (Lipinski definition) is 3. The molecule has 0 amide bonds. The van der Waals surface area contributed by atoms with Crippen molar-refractivity contribution in [3.8, 4) is 0 Å². The van der Waals surface area contributed by atoms with E-state index in [4.69, 9.17) is 14.4 Å². The predicted octanol–water partition coefficient (Wildman–Crippen LogP) is -0.316. The van der Waals surface area contributed by atoms with Crippen molar-refractivity contribution in [2.24, 2.45) is 0 Å². The van der Waals surface area contributed by atoms with Crippen molar-refractivity contribution in [3.63, 3.8) is 0 Å². The summed E-state index contributed by atoms with van der Waals surface area (Å²) < 4.78 is 0. The first-order valence-corrected chi connectivity index (χ1v) is 5.34. The summed E-state index contributed by atoms with van der Waals surface area (Å²) in [5, 5.41) is 0. The minimum absolute atomic E-state index is 0.0339. The van der Waals surface area contributed by atoms with Crippen LogP contribution in [0.2, 0.25) is 0 Å². The summed E-state index contributed by atoms with van der Waals surface area (Å²) in [6, 6.07) is 8.85. The lowest BCUT2D eigenvalue weighted by Gasteiger charge is -2.08. The van der Waals surface area contributed by atoms with E-state index >= 15 is 0 Å². The molecule has 0 radical (unpaired) electrons. The molecule has 3 N–H and O–H groups in total. The van der Waals surface area contributed by atoms with Gasteiger partial charge in [0.1, 0.15) is 0 Å². The maximum atomic E-state index is 8.72. The second-order valence-electron chi connectivity index (χ2n) is 2.44. The largest absolute Gasteiger partial charge is 0.497 e. The molecule has 4 heteroatoms. The fraction of sp³-hybridized carbons (Fsp3) is 0.143. The molecule has 0 unspecified atom stereocenters. The summed E-state index contributed by atoms with van der Waals surface area (Å²) in [6.07, 6.45) is 0. The zero-order valence-electron chi connectivity index (χ0n) is 5.94. The van der Waals surface area contributed by atoms with Gasteiger partial charge in [-0.3, -0.25) is 0 Å². The second-order valence-corrected chi connectivity index (χ2v) is 4.34. The molecule has 0 aliphatic heterocycles. The molecule has 11 heavy (non-hydrogen) atoms. The molecular weight excluding hydrogens is 160 g/mol. The smallest absolute Gasteiger partial charge is 0.390 e. The second kappa shape index (κ2) is 3.14. The molecule has 0 aromatic heterocycles. The highest BCUT2D eigenvalue weighted by molar-refractivity contribution is 6.55. The Bertz CT molecular complexity index is 217. The summed E-state index contributed by atoms with van der Waals surface area (Å²) in [7, 11) is -3.90. The number of hydrogen-bond acceptors (Lipinski definition) is 3. The first kappa shape index (κ1) is 8.41. The van der Waals surface area contributed by atoms with Crippen LogP contribution in [0.15, 0.2) is 30.3 Å². The van der Waals surface area contributed by atoms with Crippen LogP contribution in [-0.2, 0) is 6.04 Å². The van der Waals surface area contributed by atoms with E-state index in [1.807, 2.05) is 6.07 Å². The van der Waals surface area contributed by atoms with E-state index in [1.165, 1.54) is 0 Å². The highest BCUT2D eigenvalue weighted by atomic mass is 28.4. The van der Waals surface area contributed by atoms with Gasteiger partial charge in [0.25, 0.3) is 0 Å². The quantitative estimate of drug-likeness (QED) is 0.533. The van der Waals surface area contributed by atoms with E-state index in [9.17, 15) is 0 Å². The Morgan fingerprint density at radius 1 is 1.00 bits per heavy atom. The maximum Gasteiger partial charge on any atom is 0.497 e. The minimum Gasteiger partial charge on any atom is -0.390 e. The molecule has 1 rings (SSSR count). The molecule has 0 aliphatic rings. The Hall–Kier alpha value is -0.683. The van der Waals surface area contributed by atoms with Crippen molar-refractivity contribution in [2.45, 2.75) is 6.04 Å². The molecule has 3 nitrogen and oxygen atoms in total. The van der Waals surface area contributed by atoms with E-state index in [-0.39, 0.29) is 6.04 Å². The Labute approximate surface area is 65.9 Å². The Kier molecular flexibility index (Phi) is 2.40. The third kappa shape index (κ3) is 3.29. The van der Waals surface area contributed by atoms with Gasteiger partial charge in [0.15, 0.2) is 0 Å². The molecule has 60 valence electrons. The first-order chi connectivity index (χ1) is 5.08. The first-order valence-electron chi connectivity index (χ1n) is 3.29. The molecular formula is C7H10O3Si. The van der Waals surface area contributed by atoms with E-state index in [1.54, 1.807) is 24.3 Å². The molecule has 0 saturated carbocycles. The van der Waals surface area contributed by atoms with Crippen LogP contribution in [-0.4, -0.2) is 23.2 Å². The van der Waals surface area contributed by atoms with Gasteiger partial charge < -0.3 is 14.4 Å². The van der Waals surface area contributed by atoms with Gasteiger partial charge in [-0.15, -0.1) is 0 Å². The lowest BCUT2D eigenvalue weighted by Crippen LogP contribution is -2.37. The topological polar surface area (TPSA) is 60.7 Å². The molecule has 1 aromatic carbocycles. The van der Waals surface area contributed by atoms with Gasteiger partial charge in [-0.05, 0) is 5.56 Å². The van der Waals surface area contributed by atoms with Crippen molar-refractivity contribution >= 4 is 8.80 Å². The average molecular weight is 170 g/mol. The summed E-state index contributed by atoms with van der Waals surface area (Å²) >= 11 is 0. The van der Waals surface area contributed by atoms with Crippen LogP contribution in [0.5, 0.6) is 0 Å². The zero-order valence-corrected chi connectivity index (χ0v) is 6.94. The predicted molar refractivity (Wildman–Crippen MR) is 42.6 cm³/mol. The fourth-order valence-corrected chi connectivity index (χ4v) is 1.65. The average Bonchev–Trinajstić information content (AvgIpc) is 1.85. The Morgan fingerprint density at radius 3 is 2.00 bits per heavy atom. The SMILES string of the molecule is O[Si](O)(O)Cc1ccccc1. The van der Waals surface area contributed by atoms with Crippen molar-refractivity contribution < 1.29 is 14.4 Å². The molecule has 0 saturated heterocycles. The van der Waals surface area contributed by atoms with E-state index < -0.39 is 8.80 Å². The van der Waals surface area contributed by atoms with Crippen molar-refractivity contribution in [1.82, 2.24) is 0 Å². The number of rotatable bonds is 2. The standard InChI is InChI=1S/C7H10O3Si/c8-11(9,10)6-7-4-2-1-3-5-7/h1-5,8-10H,6H2. The van der Waals surface area contributed by atoms with Crippen molar-refractivity contribution in [2.75, 3.05) is 0 Å². The Morgan fingerprint density at radius 2 is 1.55 bits per heavy atom. The van der Waals surface area contributed by atoms with Gasteiger partial charge in [-0.1, -0.05) is 30.3 Å². The van der Waals surface area contributed by atoms with Crippen molar-refractivity contribution in [3.05, 3.63) is 35.9 Å². The highest BCUT2D eigenvalue weighted by Crippen LogP contribution is 2.03. The van der Waals surface area contributed by atoms with Gasteiger partial charge in [0, 0.05) is 6.04 Å². The number of benzene rings is 1. The van der Waals surface area contributed by atoms with Gasteiger partial charge >= 0.3 is 8.80 Å². The van der Waals surface area contributed by atoms with E-state index in [2.05, 4.69) is 0 Å². The molecule has 0 bridgehead atoms. The molecule has 0 fully saturated rings. The zero-order chi connectivity index (χ0) is 8.32. The van der Waals surface area contributed by atoms with Crippen LogP contribution in [0, 0.1) is 0 Å². The van der Waals surface area contributed by atoms with Gasteiger partial charge in [-0.25, -0.2) is 0 Å². The molecule has 0 atom stereocenters. The summed E-state index contributed by atoms with van der Waals surface area (Å²) in [5.74, 6) is 0. The minimum atomic E-state index is -3.90. The summed E-state index contributed by atoms with van der Waals surface area (Å²) in [6.45, 7) is 0. The van der Waals surface area contributed by atoms with Gasteiger partial charge in [0.2, 0.25) is 0 Å². The lowest BCUT2D eigenvalue weighted by atomic mass is 10.2. The van der Waals surface area contributed by atoms with E-state index in [0.717, 1.165) is 5.56 Å². The van der Waals surface area contributed by atoms with Crippen LogP contribution >= 0.6 is 0 Å². The van der Waals surface area contributed by atoms with E-state index in [0.29, 0.717) is 0 Å². The van der Waals surface area contributed by atoms with Crippen LogP contribution in [0.3, 0.4) is 0 Å². The summed E-state index contributed by atoms with van der Waals surface area (Å²) in [4.78, 5) is 26.2. The van der Waals surface area contributed by atoms with Crippen LogP contribution in [0.25, 0.3) is 0 Å². The summed E-state index contributed by atoms with van der Waals surface area (Å²) in [5.41, 5.74) is 0.742. The van der Waals surface area contributed by atoms with Crippen LogP contribution < -0.4 is 0 Å². The van der Waals surface area contributed by atoms with Crippen molar-refractivity contribution in [1.29, 1.82) is 0 Å². The Balaban J connectivity index is 2.66. The van der Waals surface area contributed by atoms with Crippen LogP contribution in [0.4, 0.5) is 0 Å². The normalized spacial score (nSPS) is 11.5. The van der Waals surface area contributed by atoms with Gasteiger partial charge in [0.05, 0.1) is 0 Å². The lowest BCUT2D eigenvalue weighted by molar-refractivity contribution is 0.227.